The number of nitrogens with zero attached hydrogens (tertiary/aromatic N) is 1. The molecule has 0 unspecified atom stereocenters. The summed E-state index contributed by atoms with van der Waals surface area (Å²) in [4.78, 5) is 2.26. The fourth-order valence-corrected chi connectivity index (χ4v) is 1.82. The van der Waals surface area contributed by atoms with Gasteiger partial charge < -0.3 is 4.42 Å². The molecule has 0 aliphatic heterocycles. The Morgan fingerprint density at radius 3 is 2.88 bits per heavy atom. The Labute approximate surface area is 108 Å². The predicted molar refractivity (Wildman–Crippen MR) is 74.6 cm³/mol. The maximum absolute atomic E-state index is 5.51. The van der Waals surface area contributed by atoms with Gasteiger partial charge in [-0.3, -0.25) is 4.90 Å². The van der Waals surface area contributed by atoms with Crippen LogP contribution < -0.4 is 0 Å². The number of fused-ring (bicyclic) bond motifs is 1. The Balaban J connectivity index is 0.00000144. The lowest BCUT2D eigenvalue weighted by molar-refractivity contribution is 0.362. The molecule has 1 aromatic carbocycles. The van der Waals surface area contributed by atoms with Crippen molar-refractivity contribution in [2.24, 2.45) is 0 Å². The first-order chi connectivity index (χ1) is 7.81. The highest BCUT2D eigenvalue weighted by atomic mass is 35.5. The van der Waals surface area contributed by atoms with Crippen LogP contribution in [0.4, 0.5) is 0 Å². The van der Waals surface area contributed by atoms with Crippen LogP contribution in [0.15, 0.2) is 47.1 Å². The Bertz CT molecular complexity index is 490. The second kappa shape index (κ2) is 6.48. The van der Waals surface area contributed by atoms with E-state index in [0.29, 0.717) is 0 Å². The molecule has 92 valence electrons. The third-order valence-corrected chi connectivity index (χ3v) is 2.65. The van der Waals surface area contributed by atoms with Crippen LogP contribution in [0.1, 0.15) is 12.5 Å². The van der Waals surface area contributed by atoms with E-state index in [1.807, 2.05) is 13.0 Å². The molecule has 2 nitrogen and oxygen atoms in total. The SMILES string of the molecule is C/C=C/CN(C)Cc1cccc2ccoc12.Cl. The van der Waals surface area contributed by atoms with Crippen molar-refractivity contribution >= 4 is 23.4 Å². The number of rotatable bonds is 4. The van der Waals surface area contributed by atoms with Crippen LogP contribution in [0.3, 0.4) is 0 Å². The lowest BCUT2D eigenvalue weighted by Crippen LogP contribution is -2.17. The highest BCUT2D eigenvalue weighted by molar-refractivity contribution is 5.85. The largest absolute Gasteiger partial charge is 0.464 e. The number of benzene rings is 1. The molecule has 2 rings (SSSR count). The van der Waals surface area contributed by atoms with Gasteiger partial charge in [0.05, 0.1) is 6.26 Å². The van der Waals surface area contributed by atoms with E-state index in [1.54, 1.807) is 6.26 Å². The van der Waals surface area contributed by atoms with Crippen molar-refractivity contribution in [3.05, 3.63) is 48.2 Å². The molecule has 17 heavy (non-hydrogen) atoms. The van der Waals surface area contributed by atoms with Gasteiger partial charge in [-0.25, -0.2) is 0 Å². The molecule has 0 spiro atoms. The summed E-state index contributed by atoms with van der Waals surface area (Å²) < 4.78 is 5.51. The lowest BCUT2D eigenvalue weighted by Gasteiger charge is -2.14. The van der Waals surface area contributed by atoms with Crippen LogP contribution in [0.25, 0.3) is 11.0 Å². The van der Waals surface area contributed by atoms with Crippen molar-refractivity contribution in [3.63, 3.8) is 0 Å². The average Bonchev–Trinajstić information content (AvgIpc) is 2.75. The van der Waals surface area contributed by atoms with Gasteiger partial charge in [-0.1, -0.05) is 30.4 Å². The summed E-state index contributed by atoms with van der Waals surface area (Å²) in [5.41, 5.74) is 2.25. The van der Waals surface area contributed by atoms with Crippen LogP contribution in [0.5, 0.6) is 0 Å². The first-order valence-electron chi connectivity index (χ1n) is 5.56. The number of hydrogen-bond donors (Lipinski definition) is 0. The third-order valence-electron chi connectivity index (χ3n) is 2.65. The average molecular weight is 252 g/mol. The minimum absolute atomic E-state index is 0. The van der Waals surface area contributed by atoms with Crippen LogP contribution in [-0.4, -0.2) is 18.5 Å². The van der Waals surface area contributed by atoms with E-state index in [-0.39, 0.29) is 12.4 Å². The quantitative estimate of drug-likeness (QED) is 0.768. The summed E-state index contributed by atoms with van der Waals surface area (Å²) in [6.07, 6.45) is 5.98. The minimum atomic E-state index is 0. The summed E-state index contributed by atoms with van der Waals surface area (Å²) in [5, 5.41) is 1.18. The number of likely N-dealkylation sites (N-methyl/N-ethyl adjacent to an activating group) is 1. The van der Waals surface area contributed by atoms with Crippen molar-refractivity contribution in [3.8, 4) is 0 Å². The number of furan rings is 1. The number of halogens is 1. The number of para-hydroxylation sites is 1. The lowest BCUT2D eigenvalue weighted by atomic mass is 10.1. The molecule has 0 fully saturated rings. The smallest absolute Gasteiger partial charge is 0.138 e. The second-order valence-electron chi connectivity index (χ2n) is 4.02. The maximum Gasteiger partial charge on any atom is 0.138 e. The van der Waals surface area contributed by atoms with Gasteiger partial charge in [-0.15, -0.1) is 12.4 Å². The van der Waals surface area contributed by atoms with E-state index in [1.165, 1.54) is 10.9 Å². The van der Waals surface area contributed by atoms with E-state index in [9.17, 15) is 0 Å². The third kappa shape index (κ3) is 3.35. The molecule has 0 saturated heterocycles. The monoisotopic (exact) mass is 251 g/mol. The summed E-state index contributed by atoms with van der Waals surface area (Å²) >= 11 is 0. The zero-order chi connectivity index (χ0) is 11.4. The zero-order valence-corrected chi connectivity index (χ0v) is 11.0. The minimum Gasteiger partial charge on any atom is -0.464 e. The van der Waals surface area contributed by atoms with Crippen molar-refractivity contribution in [2.75, 3.05) is 13.6 Å². The molecule has 1 heterocycles. The Morgan fingerprint density at radius 2 is 2.12 bits per heavy atom. The van der Waals surface area contributed by atoms with Gasteiger partial charge in [0, 0.05) is 24.0 Å². The Hall–Kier alpha value is -1.25. The molecule has 0 radical (unpaired) electrons. The highest BCUT2D eigenvalue weighted by Gasteiger charge is 2.05. The first-order valence-corrected chi connectivity index (χ1v) is 5.56. The molecule has 0 N–H and O–H groups in total. The van der Waals surface area contributed by atoms with Crippen LogP contribution in [-0.2, 0) is 6.54 Å². The van der Waals surface area contributed by atoms with Gasteiger partial charge in [-0.2, -0.15) is 0 Å². The van der Waals surface area contributed by atoms with E-state index >= 15 is 0 Å². The van der Waals surface area contributed by atoms with Crippen molar-refractivity contribution in [2.45, 2.75) is 13.5 Å². The fourth-order valence-electron chi connectivity index (χ4n) is 1.82. The second-order valence-corrected chi connectivity index (χ2v) is 4.02. The Kier molecular flexibility index (Phi) is 5.26. The van der Waals surface area contributed by atoms with Crippen LogP contribution >= 0.6 is 12.4 Å². The summed E-state index contributed by atoms with van der Waals surface area (Å²) in [5.74, 6) is 0. The van der Waals surface area contributed by atoms with Gasteiger partial charge in [0.25, 0.3) is 0 Å². The van der Waals surface area contributed by atoms with Gasteiger partial charge in [0.2, 0.25) is 0 Å². The summed E-state index contributed by atoms with van der Waals surface area (Å²) in [7, 11) is 2.11. The van der Waals surface area contributed by atoms with Gasteiger partial charge in [0.1, 0.15) is 5.58 Å². The maximum atomic E-state index is 5.51. The first kappa shape index (κ1) is 13.8. The van der Waals surface area contributed by atoms with Gasteiger partial charge in [-0.05, 0) is 20.0 Å². The van der Waals surface area contributed by atoms with Gasteiger partial charge >= 0.3 is 0 Å². The number of hydrogen-bond acceptors (Lipinski definition) is 2. The molecule has 2 aromatic rings. The molecule has 0 bridgehead atoms. The normalized spacial score (nSPS) is 11.2. The molecule has 1 aromatic heterocycles. The molecule has 0 amide bonds. The van der Waals surface area contributed by atoms with Gasteiger partial charge in [0.15, 0.2) is 0 Å². The van der Waals surface area contributed by atoms with Crippen molar-refractivity contribution in [1.82, 2.24) is 4.90 Å². The fraction of sp³-hybridized carbons (Fsp3) is 0.286. The standard InChI is InChI=1S/C14H17NO.ClH/c1-3-4-9-15(2)11-13-7-5-6-12-8-10-16-14(12)13;/h3-8,10H,9,11H2,1-2H3;1H/b4-3+;. The number of allylic oxidation sites excluding steroid dienone is 1. The summed E-state index contributed by atoms with van der Waals surface area (Å²) in [6.45, 7) is 3.92. The molecule has 3 heteroatoms. The zero-order valence-electron chi connectivity index (χ0n) is 10.2. The molecule has 0 aliphatic rings. The van der Waals surface area contributed by atoms with E-state index < -0.39 is 0 Å². The Morgan fingerprint density at radius 1 is 1.29 bits per heavy atom. The molecular weight excluding hydrogens is 234 g/mol. The highest BCUT2D eigenvalue weighted by Crippen LogP contribution is 2.20. The van der Waals surface area contributed by atoms with E-state index in [2.05, 4.69) is 42.3 Å². The molecular formula is C14H18ClNO. The topological polar surface area (TPSA) is 16.4 Å². The molecule has 0 atom stereocenters. The molecule has 0 saturated carbocycles. The van der Waals surface area contributed by atoms with Crippen molar-refractivity contribution < 1.29 is 4.42 Å². The predicted octanol–water partition coefficient (Wildman–Crippen LogP) is 3.86. The van der Waals surface area contributed by atoms with Crippen LogP contribution in [0, 0.1) is 0 Å². The van der Waals surface area contributed by atoms with Crippen molar-refractivity contribution in [1.29, 1.82) is 0 Å². The van der Waals surface area contributed by atoms with E-state index in [0.717, 1.165) is 18.7 Å². The van der Waals surface area contributed by atoms with E-state index in [4.69, 9.17) is 4.42 Å². The summed E-state index contributed by atoms with van der Waals surface area (Å²) in [6, 6.07) is 8.29. The molecule has 0 aliphatic carbocycles. The van der Waals surface area contributed by atoms with Crippen LogP contribution in [0.2, 0.25) is 0 Å².